The maximum atomic E-state index is 11.4. The Morgan fingerprint density at radius 1 is 1.50 bits per heavy atom. The Kier molecular flexibility index (Phi) is 5.77. The first-order valence-corrected chi connectivity index (χ1v) is 6.31. The average Bonchev–Trinajstić information content (AvgIpc) is 2.64. The predicted octanol–water partition coefficient (Wildman–Crippen LogP) is 0.652. The zero-order chi connectivity index (χ0) is 12.0. The fraction of sp³-hybridized carbons (Fsp3) is 0.917. The van der Waals surface area contributed by atoms with E-state index in [-0.39, 0.29) is 18.1 Å². The molecule has 16 heavy (non-hydrogen) atoms. The van der Waals surface area contributed by atoms with Gasteiger partial charge in [-0.05, 0) is 32.1 Å². The van der Waals surface area contributed by atoms with Gasteiger partial charge >= 0.3 is 0 Å². The summed E-state index contributed by atoms with van der Waals surface area (Å²) in [6.45, 7) is 5.15. The van der Waals surface area contributed by atoms with Crippen LogP contribution in [0.15, 0.2) is 0 Å². The predicted molar refractivity (Wildman–Crippen MR) is 64.1 cm³/mol. The van der Waals surface area contributed by atoms with E-state index in [4.69, 9.17) is 0 Å². The van der Waals surface area contributed by atoms with Gasteiger partial charge in [0.15, 0.2) is 0 Å². The van der Waals surface area contributed by atoms with Crippen molar-refractivity contribution in [1.82, 2.24) is 10.6 Å². The van der Waals surface area contributed by atoms with Crippen molar-refractivity contribution in [3.8, 4) is 0 Å². The molecule has 0 aromatic rings. The molecule has 0 saturated heterocycles. The molecule has 1 saturated carbocycles. The second-order valence-corrected chi connectivity index (χ2v) is 4.77. The molecule has 1 amide bonds. The lowest BCUT2D eigenvalue weighted by Crippen LogP contribution is -2.40. The van der Waals surface area contributed by atoms with Gasteiger partial charge in [0.2, 0.25) is 5.91 Å². The number of hydrogen-bond acceptors (Lipinski definition) is 3. The molecule has 0 aliphatic heterocycles. The van der Waals surface area contributed by atoms with Gasteiger partial charge in [-0.1, -0.05) is 13.3 Å². The number of carbonyl (C=O) groups is 1. The summed E-state index contributed by atoms with van der Waals surface area (Å²) >= 11 is 0. The summed E-state index contributed by atoms with van der Waals surface area (Å²) in [5, 5.41) is 15.6. The summed E-state index contributed by atoms with van der Waals surface area (Å²) in [6, 6.07) is 0.242. The van der Waals surface area contributed by atoms with E-state index in [1.807, 2.05) is 13.8 Å². The zero-order valence-electron chi connectivity index (χ0n) is 10.3. The van der Waals surface area contributed by atoms with Crippen molar-refractivity contribution in [2.45, 2.75) is 51.7 Å². The normalized spacial score (nSPS) is 26.7. The van der Waals surface area contributed by atoms with E-state index < -0.39 is 0 Å². The van der Waals surface area contributed by atoms with Gasteiger partial charge in [0, 0.05) is 12.6 Å². The van der Waals surface area contributed by atoms with Crippen LogP contribution in [0.4, 0.5) is 0 Å². The van der Waals surface area contributed by atoms with E-state index >= 15 is 0 Å². The Labute approximate surface area is 97.8 Å². The van der Waals surface area contributed by atoms with Crippen LogP contribution in [0.25, 0.3) is 0 Å². The van der Waals surface area contributed by atoms with Crippen molar-refractivity contribution >= 4 is 5.91 Å². The molecule has 0 bridgehead atoms. The van der Waals surface area contributed by atoms with Gasteiger partial charge in [-0.3, -0.25) is 4.79 Å². The summed E-state index contributed by atoms with van der Waals surface area (Å²) in [4.78, 5) is 11.4. The molecule has 0 aromatic carbocycles. The number of rotatable bonds is 6. The average molecular weight is 228 g/mol. The van der Waals surface area contributed by atoms with Crippen molar-refractivity contribution in [3.05, 3.63) is 0 Å². The minimum Gasteiger partial charge on any atom is -0.393 e. The van der Waals surface area contributed by atoms with Crippen molar-refractivity contribution in [3.63, 3.8) is 0 Å². The van der Waals surface area contributed by atoms with Crippen LogP contribution in [-0.2, 0) is 4.79 Å². The maximum absolute atomic E-state index is 11.4. The molecule has 1 aliphatic rings. The van der Waals surface area contributed by atoms with Crippen molar-refractivity contribution in [1.29, 1.82) is 0 Å². The fourth-order valence-corrected chi connectivity index (χ4v) is 2.05. The molecule has 0 radical (unpaired) electrons. The van der Waals surface area contributed by atoms with E-state index in [1.54, 1.807) is 0 Å². The first-order valence-electron chi connectivity index (χ1n) is 6.31. The lowest BCUT2D eigenvalue weighted by molar-refractivity contribution is -0.120. The Bertz CT molecular complexity index is 221. The van der Waals surface area contributed by atoms with Gasteiger partial charge < -0.3 is 15.7 Å². The topological polar surface area (TPSA) is 61.4 Å². The summed E-state index contributed by atoms with van der Waals surface area (Å²) < 4.78 is 0. The summed E-state index contributed by atoms with van der Waals surface area (Å²) in [5.41, 5.74) is 0. The van der Waals surface area contributed by atoms with Gasteiger partial charge in [-0.25, -0.2) is 0 Å². The number of aliphatic hydroxyl groups excluding tert-OH is 1. The molecule has 4 nitrogen and oxygen atoms in total. The monoisotopic (exact) mass is 228 g/mol. The third-order valence-corrected chi connectivity index (χ3v) is 3.33. The molecule has 0 spiro atoms. The number of nitrogens with one attached hydrogen (secondary N) is 2. The van der Waals surface area contributed by atoms with Gasteiger partial charge in [0.25, 0.3) is 0 Å². The minimum atomic E-state index is -0.176. The number of amides is 1. The van der Waals surface area contributed by atoms with Crippen LogP contribution in [-0.4, -0.2) is 36.2 Å². The smallest absolute Gasteiger partial charge is 0.234 e. The first-order chi connectivity index (χ1) is 7.63. The highest BCUT2D eigenvalue weighted by molar-refractivity contribution is 5.78. The van der Waals surface area contributed by atoms with Gasteiger partial charge in [0.1, 0.15) is 0 Å². The summed E-state index contributed by atoms with van der Waals surface area (Å²) in [5.74, 6) is 0.373. The summed E-state index contributed by atoms with van der Waals surface area (Å²) in [7, 11) is 0. The SMILES string of the molecule is CCC(C)NC(=O)CNCC1CCCC1O. The molecular weight excluding hydrogens is 204 g/mol. The molecule has 3 atom stereocenters. The third-order valence-electron chi connectivity index (χ3n) is 3.33. The van der Waals surface area contributed by atoms with Gasteiger partial charge in [0.05, 0.1) is 12.6 Å². The van der Waals surface area contributed by atoms with Crippen LogP contribution in [0.3, 0.4) is 0 Å². The second-order valence-electron chi connectivity index (χ2n) is 4.77. The van der Waals surface area contributed by atoms with E-state index in [0.717, 1.165) is 32.2 Å². The van der Waals surface area contributed by atoms with Gasteiger partial charge in [-0.15, -0.1) is 0 Å². The minimum absolute atomic E-state index is 0.0434. The molecule has 1 aliphatic carbocycles. The maximum Gasteiger partial charge on any atom is 0.234 e. The quantitative estimate of drug-likeness (QED) is 0.625. The van der Waals surface area contributed by atoms with Crippen LogP contribution in [0, 0.1) is 5.92 Å². The van der Waals surface area contributed by atoms with Crippen molar-refractivity contribution in [2.75, 3.05) is 13.1 Å². The third kappa shape index (κ3) is 4.49. The largest absolute Gasteiger partial charge is 0.393 e. The van der Waals surface area contributed by atoms with Crippen molar-refractivity contribution in [2.24, 2.45) is 5.92 Å². The highest BCUT2D eigenvalue weighted by Gasteiger charge is 2.24. The Balaban J connectivity index is 2.08. The zero-order valence-corrected chi connectivity index (χ0v) is 10.3. The van der Waals surface area contributed by atoms with Crippen LogP contribution in [0.1, 0.15) is 39.5 Å². The van der Waals surface area contributed by atoms with E-state index in [0.29, 0.717) is 12.5 Å². The molecule has 1 fully saturated rings. The van der Waals surface area contributed by atoms with E-state index in [9.17, 15) is 9.90 Å². The molecule has 0 heterocycles. The molecule has 1 rings (SSSR count). The molecule has 3 N–H and O–H groups in total. The van der Waals surface area contributed by atoms with Crippen LogP contribution < -0.4 is 10.6 Å². The van der Waals surface area contributed by atoms with E-state index in [1.165, 1.54) is 0 Å². The standard InChI is InChI=1S/C12H24N2O2/c1-3-9(2)14-12(16)8-13-7-10-5-4-6-11(10)15/h9-11,13,15H,3-8H2,1-2H3,(H,14,16). The Hall–Kier alpha value is -0.610. The summed E-state index contributed by atoms with van der Waals surface area (Å²) in [6.07, 6.45) is 3.86. The highest BCUT2D eigenvalue weighted by atomic mass is 16.3. The lowest BCUT2D eigenvalue weighted by atomic mass is 10.1. The van der Waals surface area contributed by atoms with Crippen LogP contribution >= 0.6 is 0 Å². The van der Waals surface area contributed by atoms with Crippen LogP contribution in [0.5, 0.6) is 0 Å². The second kappa shape index (κ2) is 6.86. The highest BCUT2D eigenvalue weighted by Crippen LogP contribution is 2.24. The van der Waals surface area contributed by atoms with Gasteiger partial charge in [-0.2, -0.15) is 0 Å². The fourth-order valence-electron chi connectivity index (χ4n) is 2.05. The number of hydrogen-bond donors (Lipinski definition) is 3. The number of aliphatic hydroxyl groups is 1. The Morgan fingerprint density at radius 2 is 2.25 bits per heavy atom. The molecule has 0 aromatic heterocycles. The van der Waals surface area contributed by atoms with Crippen molar-refractivity contribution < 1.29 is 9.90 Å². The lowest BCUT2D eigenvalue weighted by Gasteiger charge is -2.16. The first kappa shape index (κ1) is 13.5. The van der Waals surface area contributed by atoms with Crippen LogP contribution in [0.2, 0.25) is 0 Å². The molecule has 94 valence electrons. The molecular formula is C12H24N2O2. The Morgan fingerprint density at radius 3 is 2.81 bits per heavy atom. The number of carbonyl (C=O) groups excluding carboxylic acids is 1. The molecule has 3 unspecified atom stereocenters. The molecule has 4 heteroatoms. The van der Waals surface area contributed by atoms with E-state index in [2.05, 4.69) is 10.6 Å².